The van der Waals surface area contributed by atoms with Gasteiger partial charge in [-0.2, -0.15) is 0 Å². The van der Waals surface area contributed by atoms with Crippen LogP contribution in [0.2, 0.25) is 5.02 Å². The lowest BCUT2D eigenvalue weighted by atomic mass is 10.1. The van der Waals surface area contributed by atoms with Crippen LogP contribution in [0.4, 0.5) is 0 Å². The Hall–Kier alpha value is -1.10. The largest absolute Gasteiger partial charge is 0.379 e. The summed E-state index contributed by atoms with van der Waals surface area (Å²) < 4.78 is 5.40. The molecule has 2 fully saturated rings. The Morgan fingerprint density at radius 2 is 1.84 bits per heavy atom. The highest BCUT2D eigenvalue weighted by Crippen LogP contribution is 2.13. The molecule has 2 aliphatic heterocycles. The van der Waals surface area contributed by atoms with Crippen LogP contribution in [-0.4, -0.2) is 98.7 Å². The van der Waals surface area contributed by atoms with Crippen LogP contribution >= 0.6 is 35.6 Å². The van der Waals surface area contributed by atoms with Gasteiger partial charge in [-0.1, -0.05) is 23.7 Å². The Bertz CT molecular complexity index is 707. The van der Waals surface area contributed by atoms with Crippen molar-refractivity contribution in [2.45, 2.75) is 19.8 Å². The number of amides is 1. The van der Waals surface area contributed by atoms with Crippen molar-refractivity contribution >= 4 is 47.4 Å². The molecule has 9 heteroatoms. The maximum absolute atomic E-state index is 12.6. The van der Waals surface area contributed by atoms with Gasteiger partial charge in [-0.05, 0) is 31.0 Å². The topological polar surface area (TPSA) is 60.4 Å². The minimum atomic E-state index is 0. The molecular formula is C22H35ClIN5O2. The van der Waals surface area contributed by atoms with Crippen LogP contribution in [0.5, 0.6) is 0 Å². The van der Waals surface area contributed by atoms with E-state index in [1.54, 1.807) is 0 Å². The number of ether oxygens (including phenoxy) is 1. The molecule has 0 radical (unpaired) electrons. The van der Waals surface area contributed by atoms with Crippen LogP contribution in [0, 0.1) is 0 Å². The van der Waals surface area contributed by atoms with E-state index in [1.165, 1.54) is 0 Å². The van der Waals surface area contributed by atoms with Gasteiger partial charge in [0.05, 0.1) is 19.6 Å². The van der Waals surface area contributed by atoms with Gasteiger partial charge in [0.2, 0.25) is 5.91 Å². The third kappa shape index (κ3) is 8.75. The molecule has 1 amide bonds. The van der Waals surface area contributed by atoms with Crippen molar-refractivity contribution in [2.24, 2.45) is 4.99 Å². The van der Waals surface area contributed by atoms with Gasteiger partial charge in [-0.3, -0.25) is 14.7 Å². The normalized spacial score (nSPS) is 17.9. The van der Waals surface area contributed by atoms with Gasteiger partial charge >= 0.3 is 0 Å². The third-order valence-corrected chi connectivity index (χ3v) is 5.74. The average Bonchev–Trinajstić information content (AvgIpc) is 2.77. The number of benzene rings is 1. The van der Waals surface area contributed by atoms with Gasteiger partial charge in [0.1, 0.15) is 0 Å². The van der Waals surface area contributed by atoms with E-state index in [4.69, 9.17) is 21.3 Å². The number of carbonyl (C=O) groups is 1. The predicted molar refractivity (Wildman–Crippen MR) is 137 cm³/mol. The molecule has 0 aliphatic carbocycles. The zero-order valence-corrected chi connectivity index (χ0v) is 21.5. The van der Waals surface area contributed by atoms with Gasteiger partial charge in [0.15, 0.2) is 5.96 Å². The molecule has 0 atom stereocenters. The minimum absolute atomic E-state index is 0. The second kappa shape index (κ2) is 14.1. The predicted octanol–water partition coefficient (Wildman–Crippen LogP) is 2.33. The number of aliphatic imine (C=N–C) groups is 1. The Morgan fingerprint density at radius 3 is 2.52 bits per heavy atom. The Morgan fingerprint density at radius 1 is 1.13 bits per heavy atom. The fourth-order valence-electron chi connectivity index (χ4n) is 3.83. The lowest BCUT2D eigenvalue weighted by Gasteiger charge is -2.36. The van der Waals surface area contributed by atoms with Crippen molar-refractivity contribution in [3.8, 4) is 0 Å². The molecule has 0 aromatic heterocycles. The first kappa shape index (κ1) is 26.2. The molecule has 1 aromatic carbocycles. The van der Waals surface area contributed by atoms with E-state index in [0.717, 1.165) is 90.1 Å². The number of hydrogen-bond acceptors (Lipinski definition) is 4. The SMILES string of the molecule is CCNC(=NCCCN1CCOCC1)N1CCN(C(=O)Cc2cccc(Cl)c2)CC1.I. The van der Waals surface area contributed by atoms with Crippen molar-refractivity contribution in [3.05, 3.63) is 34.9 Å². The van der Waals surface area contributed by atoms with Crippen LogP contribution in [0.1, 0.15) is 18.9 Å². The molecule has 3 rings (SSSR count). The summed E-state index contributed by atoms with van der Waals surface area (Å²) in [5, 5.41) is 4.08. The lowest BCUT2D eigenvalue weighted by molar-refractivity contribution is -0.131. The first-order chi connectivity index (χ1) is 14.7. The smallest absolute Gasteiger partial charge is 0.227 e. The Labute approximate surface area is 208 Å². The number of piperazine rings is 1. The van der Waals surface area contributed by atoms with Gasteiger partial charge in [0, 0.05) is 63.9 Å². The Kier molecular flexibility index (Phi) is 11.9. The summed E-state index contributed by atoms with van der Waals surface area (Å²) in [4.78, 5) is 24.1. The van der Waals surface area contributed by atoms with Crippen molar-refractivity contribution in [1.29, 1.82) is 0 Å². The number of nitrogens with zero attached hydrogens (tertiary/aromatic N) is 4. The van der Waals surface area contributed by atoms with Gasteiger partial charge in [0.25, 0.3) is 0 Å². The van der Waals surface area contributed by atoms with Crippen LogP contribution in [-0.2, 0) is 16.0 Å². The standard InChI is InChI=1S/C22H34ClN5O2.HI/c1-2-24-22(25-7-4-8-26-13-15-30-16-14-26)28-11-9-27(10-12-28)21(29)18-19-5-3-6-20(23)17-19;/h3,5-6,17H,2,4,7-16,18H2,1H3,(H,24,25);1H. The number of hydrogen-bond donors (Lipinski definition) is 1. The molecule has 1 aromatic rings. The number of guanidine groups is 1. The number of nitrogens with one attached hydrogen (secondary N) is 1. The first-order valence-electron chi connectivity index (χ1n) is 11.0. The fourth-order valence-corrected chi connectivity index (χ4v) is 4.04. The molecule has 174 valence electrons. The van der Waals surface area contributed by atoms with Crippen molar-refractivity contribution < 1.29 is 9.53 Å². The molecule has 2 heterocycles. The second-order valence-electron chi connectivity index (χ2n) is 7.72. The lowest BCUT2D eigenvalue weighted by Crippen LogP contribution is -2.54. The molecule has 0 saturated carbocycles. The molecule has 0 bridgehead atoms. The van der Waals surface area contributed by atoms with Crippen LogP contribution < -0.4 is 5.32 Å². The van der Waals surface area contributed by atoms with Crippen LogP contribution in [0.25, 0.3) is 0 Å². The summed E-state index contributed by atoms with van der Waals surface area (Å²) in [6.07, 6.45) is 1.45. The van der Waals surface area contributed by atoms with E-state index in [-0.39, 0.29) is 29.9 Å². The highest BCUT2D eigenvalue weighted by atomic mass is 127. The van der Waals surface area contributed by atoms with E-state index in [9.17, 15) is 4.79 Å². The molecule has 31 heavy (non-hydrogen) atoms. The molecular weight excluding hydrogens is 529 g/mol. The van der Waals surface area contributed by atoms with E-state index in [0.29, 0.717) is 11.4 Å². The van der Waals surface area contributed by atoms with Crippen LogP contribution in [0.3, 0.4) is 0 Å². The number of carbonyl (C=O) groups excluding carboxylic acids is 1. The van der Waals surface area contributed by atoms with E-state index in [1.807, 2.05) is 29.2 Å². The first-order valence-corrected chi connectivity index (χ1v) is 11.4. The zero-order chi connectivity index (χ0) is 21.2. The maximum Gasteiger partial charge on any atom is 0.227 e. The van der Waals surface area contributed by atoms with E-state index in [2.05, 4.69) is 22.0 Å². The molecule has 7 nitrogen and oxygen atoms in total. The number of morpholine rings is 1. The summed E-state index contributed by atoms with van der Waals surface area (Å²) in [6, 6.07) is 7.54. The van der Waals surface area contributed by atoms with Gasteiger partial charge < -0.3 is 19.9 Å². The highest BCUT2D eigenvalue weighted by molar-refractivity contribution is 14.0. The maximum atomic E-state index is 12.6. The summed E-state index contributed by atoms with van der Waals surface area (Å²) in [5.41, 5.74) is 0.963. The molecule has 0 spiro atoms. The molecule has 0 unspecified atom stereocenters. The fraction of sp³-hybridized carbons (Fsp3) is 0.636. The van der Waals surface area contributed by atoms with Gasteiger partial charge in [-0.25, -0.2) is 0 Å². The minimum Gasteiger partial charge on any atom is -0.379 e. The summed E-state index contributed by atoms with van der Waals surface area (Å²) in [7, 11) is 0. The molecule has 2 saturated heterocycles. The van der Waals surface area contributed by atoms with Crippen molar-refractivity contribution in [2.75, 3.05) is 72.1 Å². The van der Waals surface area contributed by atoms with Crippen LogP contribution in [0.15, 0.2) is 29.3 Å². The number of halogens is 2. The molecule has 1 N–H and O–H groups in total. The van der Waals surface area contributed by atoms with Crippen molar-refractivity contribution in [1.82, 2.24) is 20.0 Å². The third-order valence-electron chi connectivity index (χ3n) is 5.51. The second-order valence-corrected chi connectivity index (χ2v) is 8.15. The summed E-state index contributed by atoms with van der Waals surface area (Å²) in [6.45, 7) is 11.6. The van der Waals surface area contributed by atoms with E-state index >= 15 is 0 Å². The zero-order valence-electron chi connectivity index (χ0n) is 18.4. The van der Waals surface area contributed by atoms with E-state index < -0.39 is 0 Å². The monoisotopic (exact) mass is 563 g/mol. The quantitative estimate of drug-likeness (QED) is 0.239. The Balaban J connectivity index is 0.00000341. The summed E-state index contributed by atoms with van der Waals surface area (Å²) >= 11 is 6.03. The van der Waals surface area contributed by atoms with Gasteiger partial charge in [-0.15, -0.1) is 24.0 Å². The summed E-state index contributed by atoms with van der Waals surface area (Å²) in [5.74, 6) is 1.12. The number of rotatable bonds is 7. The highest BCUT2D eigenvalue weighted by Gasteiger charge is 2.23. The van der Waals surface area contributed by atoms with Crippen molar-refractivity contribution in [3.63, 3.8) is 0 Å². The molecule has 2 aliphatic rings. The average molecular weight is 564 g/mol.